The van der Waals surface area contributed by atoms with Crippen LogP contribution in [0.3, 0.4) is 0 Å². The van der Waals surface area contributed by atoms with Crippen molar-refractivity contribution in [3.05, 3.63) is 80.8 Å². The zero-order valence-electron chi connectivity index (χ0n) is 22.3. The van der Waals surface area contributed by atoms with Crippen molar-refractivity contribution in [3.8, 4) is 22.5 Å². The first-order valence-electron chi connectivity index (χ1n) is 13.7. The molecular formula is C29H32N8O2. The van der Waals surface area contributed by atoms with Crippen LogP contribution in [0.1, 0.15) is 50.9 Å². The number of fused-ring (bicyclic) bond motifs is 1. The molecule has 0 unspecified atom stereocenters. The van der Waals surface area contributed by atoms with Crippen LogP contribution in [0, 0.1) is 5.92 Å². The number of aromatic nitrogens is 8. The lowest BCUT2D eigenvalue weighted by Gasteiger charge is -2.13. The zero-order chi connectivity index (χ0) is 26.9. The third-order valence-corrected chi connectivity index (χ3v) is 7.39. The quantitative estimate of drug-likeness (QED) is 0.295. The van der Waals surface area contributed by atoms with E-state index < -0.39 is 0 Å². The molecule has 1 N–H and O–H groups in total. The van der Waals surface area contributed by atoms with E-state index >= 15 is 0 Å². The molecule has 0 radical (unpaired) electrons. The maximum Gasteiger partial charge on any atom is 0.332 e. The van der Waals surface area contributed by atoms with Gasteiger partial charge in [-0.05, 0) is 58.7 Å². The van der Waals surface area contributed by atoms with Gasteiger partial charge in [-0.2, -0.15) is 0 Å². The van der Waals surface area contributed by atoms with Crippen LogP contribution in [0.5, 0.6) is 0 Å². The summed E-state index contributed by atoms with van der Waals surface area (Å²) in [5.41, 5.74) is 4.61. The molecule has 0 atom stereocenters. The van der Waals surface area contributed by atoms with E-state index in [1.165, 1.54) is 4.57 Å². The van der Waals surface area contributed by atoms with Crippen LogP contribution in [0.25, 0.3) is 33.7 Å². The number of aryl methyl sites for hydroxylation is 2. The lowest BCUT2D eigenvalue weighted by Crippen LogP contribution is -2.41. The molecule has 3 heterocycles. The van der Waals surface area contributed by atoms with Crippen molar-refractivity contribution >= 4 is 11.2 Å². The van der Waals surface area contributed by atoms with Gasteiger partial charge < -0.3 is 4.57 Å². The second-order valence-corrected chi connectivity index (χ2v) is 10.3. The van der Waals surface area contributed by atoms with Gasteiger partial charge >= 0.3 is 5.69 Å². The van der Waals surface area contributed by atoms with Crippen LogP contribution in [0.4, 0.5) is 0 Å². The Balaban J connectivity index is 1.42. The van der Waals surface area contributed by atoms with Crippen LogP contribution in [0.2, 0.25) is 0 Å². The molecule has 6 rings (SSSR count). The van der Waals surface area contributed by atoms with Gasteiger partial charge in [-0.15, -0.1) is 5.10 Å². The molecular weight excluding hydrogens is 492 g/mol. The lowest BCUT2D eigenvalue weighted by molar-refractivity contribution is 0.531. The maximum absolute atomic E-state index is 13.8. The highest BCUT2D eigenvalue weighted by Gasteiger charge is 2.27. The summed E-state index contributed by atoms with van der Waals surface area (Å²) in [6.07, 6.45) is 4.55. The summed E-state index contributed by atoms with van der Waals surface area (Å²) >= 11 is 0. The van der Waals surface area contributed by atoms with E-state index in [0.29, 0.717) is 42.5 Å². The van der Waals surface area contributed by atoms with Gasteiger partial charge in [0.15, 0.2) is 17.0 Å². The molecule has 200 valence electrons. The van der Waals surface area contributed by atoms with Crippen molar-refractivity contribution in [2.45, 2.75) is 65.6 Å². The van der Waals surface area contributed by atoms with Crippen molar-refractivity contribution in [2.75, 3.05) is 0 Å². The number of imidazole rings is 1. The number of benzene rings is 2. The first-order valence-corrected chi connectivity index (χ1v) is 13.7. The van der Waals surface area contributed by atoms with E-state index in [9.17, 15) is 9.59 Å². The van der Waals surface area contributed by atoms with Crippen LogP contribution in [-0.2, 0) is 26.1 Å². The molecule has 0 amide bonds. The predicted molar refractivity (Wildman–Crippen MR) is 149 cm³/mol. The van der Waals surface area contributed by atoms with E-state index in [0.717, 1.165) is 60.2 Å². The Kier molecular flexibility index (Phi) is 6.68. The molecule has 1 aliphatic rings. The van der Waals surface area contributed by atoms with E-state index in [1.807, 2.05) is 35.8 Å². The fraction of sp³-hybridized carbons (Fsp3) is 0.379. The SMILES string of the molecule is CCCc1nc2c(c(=O)n(CC3CC3)c(=O)n2CCC)n1Cc1ccc(-c2ccccc2-c2nnn[nH]2)cc1. The minimum atomic E-state index is -0.237. The summed E-state index contributed by atoms with van der Waals surface area (Å²) in [6, 6.07) is 16.3. The molecule has 1 fully saturated rings. The van der Waals surface area contributed by atoms with Crippen molar-refractivity contribution < 1.29 is 0 Å². The maximum atomic E-state index is 13.8. The van der Waals surface area contributed by atoms with Gasteiger partial charge in [0.05, 0.1) is 0 Å². The van der Waals surface area contributed by atoms with Gasteiger partial charge in [0, 0.05) is 31.6 Å². The third kappa shape index (κ3) is 4.71. The van der Waals surface area contributed by atoms with Crippen molar-refractivity contribution in [2.24, 2.45) is 5.92 Å². The average Bonchev–Trinajstić information content (AvgIpc) is 3.47. The molecule has 10 nitrogen and oxygen atoms in total. The Morgan fingerprint density at radius 3 is 2.36 bits per heavy atom. The number of aromatic amines is 1. The van der Waals surface area contributed by atoms with E-state index in [4.69, 9.17) is 4.98 Å². The Morgan fingerprint density at radius 1 is 0.923 bits per heavy atom. The van der Waals surface area contributed by atoms with Gasteiger partial charge in [-0.25, -0.2) is 14.9 Å². The highest BCUT2D eigenvalue weighted by molar-refractivity contribution is 5.80. The van der Waals surface area contributed by atoms with Crippen molar-refractivity contribution in [1.29, 1.82) is 0 Å². The third-order valence-electron chi connectivity index (χ3n) is 7.39. The molecule has 1 aliphatic carbocycles. The topological polar surface area (TPSA) is 116 Å². The van der Waals surface area contributed by atoms with Crippen molar-refractivity contribution in [1.82, 2.24) is 39.3 Å². The van der Waals surface area contributed by atoms with Crippen molar-refractivity contribution in [3.63, 3.8) is 0 Å². The second kappa shape index (κ2) is 10.4. The van der Waals surface area contributed by atoms with E-state index in [1.54, 1.807) is 4.57 Å². The summed E-state index contributed by atoms with van der Waals surface area (Å²) in [4.78, 5) is 32.0. The molecule has 0 bridgehead atoms. The zero-order valence-corrected chi connectivity index (χ0v) is 22.3. The van der Waals surface area contributed by atoms with Crippen LogP contribution in [0.15, 0.2) is 58.1 Å². The monoisotopic (exact) mass is 524 g/mol. The summed E-state index contributed by atoms with van der Waals surface area (Å²) in [5.74, 6) is 1.87. The fourth-order valence-corrected chi connectivity index (χ4v) is 5.25. The molecule has 2 aromatic carbocycles. The molecule has 0 spiro atoms. The Bertz CT molecular complexity index is 1720. The first-order chi connectivity index (χ1) is 19.1. The highest BCUT2D eigenvalue weighted by atomic mass is 16.2. The number of rotatable bonds is 10. The molecule has 0 aliphatic heterocycles. The molecule has 10 heteroatoms. The number of nitrogens with one attached hydrogen (secondary N) is 1. The van der Waals surface area contributed by atoms with Gasteiger partial charge in [0.2, 0.25) is 0 Å². The summed E-state index contributed by atoms with van der Waals surface area (Å²) in [7, 11) is 0. The van der Waals surface area contributed by atoms with Crippen LogP contribution >= 0.6 is 0 Å². The van der Waals surface area contributed by atoms with Crippen LogP contribution < -0.4 is 11.2 Å². The summed E-state index contributed by atoms with van der Waals surface area (Å²) in [6.45, 7) is 5.67. The van der Waals surface area contributed by atoms with E-state index in [2.05, 4.69) is 51.8 Å². The Morgan fingerprint density at radius 2 is 1.69 bits per heavy atom. The Labute approximate surface area is 225 Å². The number of nitrogens with zero attached hydrogens (tertiary/aromatic N) is 7. The summed E-state index contributed by atoms with van der Waals surface area (Å²) in [5, 5.41) is 14.4. The molecule has 1 saturated carbocycles. The molecule has 3 aromatic heterocycles. The van der Waals surface area contributed by atoms with Gasteiger partial charge in [-0.3, -0.25) is 13.9 Å². The lowest BCUT2D eigenvalue weighted by atomic mass is 9.98. The van der Waals surface area contributed by atoms with E-state index in [-0.39, 0.29) is 11.2 Å². The minimum absolute atomic E-state index is 0.227. The second-order valence-electron chi connectivity index (χ2n) is 10.3. The van der Waals surface area contributed by atoms with Crippen LogP contribution in [-0.4, -0.2) is 39.3 Å². The number of tetrazole rings is 1. The standard InChI is InChI=1S/C29H32N8O2/c1-3-7-24-30-27-25(28(38)37(18-19-10-11-19)29(39)35(27)16-4-2)36(24)17-20-12-14-21(15-13-20)22-8-5-6-9-23(22)26-31-33-34-32-26/h5-6,8-9,12-15,19H,3-4,7,10-11,16-18H2,1-2H3,(H,31,32,33,34). The largest absolute Gasteiger partial charge is 0.332 e. The Hall–Kier alpha value is -4.34. The smallest absolute Gasteiger partial charge is 0.318 e. The molecule has 5 aromatic rings. The molecule has 0 saturated heterocycles. The average molecular weight is 525 g/mol. The normalized spacial score (nSPS) is 13.4. The fourth-order valence-electron chi connectivity index (χ4n) is 5.25. The summed E-state index contributed by atoms with van der Waals surface area (Å²) < 4.78 is 5.18. The van der Waals surface area contributed by atoms with Gasteiger partial charge in [0.1, 0.15) is 5.82 Å². The number of hydrogen-bond donors (Lipinski definition) is 1. The van der Waals surface area contributed by atoms with Gasteiger partial charge in [-0.1, -0.05) is 62.4 Å². The highest BCUT2D eigenvalue weighted by Crippen LogP contribution is 2.31. The minimum Gasteiger partial charge on any atom is -0.318 e. The van der Waals surface area contributed by atoms with Gasteiger partial charge in [0.25, 0.3) is 5.56 Å². The molecule has 39 heavy (non-hydrogen) atoms. The predicted octanol–water partition coefficient (Wildman–Crippen LogP) is 4.03. The number of H-pyrrole nitrogens is 1. The first kappa shape index (κ1) is 25.0. The number of hydrogen-bond acceptors (Lipinski definition) is 6.